The molecule has 1 amide bonds. The van der Waals surface area contributed by atoms with Crippen molar-refractivity contribution in [2.75, 3.05) is 18.1 Å². The molecular weight excluding hydrogens is 340 g/mol. The zero-order valence-electron chi connectivity index (χ0n) is 12.3. The molecule has 1 aromatic rings. The Kier molecular flexibility index (Phi) is 5.66. The minimum atomic E-state index is -3.67. The lowest BCUT2D eigenvalue weighted by Gasteiger charge is -2.24. The van der Waals surface area contributed by atoms with Gasteiger partial charge in [-0.3, -0.25) is 4.79 Å². The van der Waals surface area contributed by atoms with Gasteiger partial charge in [-0.2, -0.15) is 11.8 Å². The summed E-state index contributed by atoms with van der Waals surface area (Å²) < 4.78 is 26.3. The highest BCUT2D eigenvalue weighted by molar-refractivity contribution is 7.99. The van der Waals surface area contributed by atoms with E-state index in [0.717, 1.165) is 0 Å². The number of carboxylic acid groups (broad SMARTS) is 1. The van der Waals surface area contributed by atoms with Crippen LogP contribution >= 0.6 is 11.8 Å². The first kappa shape index (κ1) is 17.8. The minimum Gasteiger partial charge on any atom is -0.479 e. The zero-order chi connectivity index (χ0) is 16.9. The van der Waals surface area contributed by atoms with Crippen molar-refractivity contribution in [1.29, 1.82) is 0 Å². The molecule has 0 aromatic heterocycles. The molecule has 9 heteroatoms. The molecule has 7 nitrogen and oxygen atoms in total. The molecule has 3 N–H and O–H groups in total. The van der Waals surface area contributed by atoms with E-state index in [4.69, 9.17) is 0 Å². The summed E-state index contributed by atoms with van der Waals surface area (Å²) in [4.78, 5) is 23.4. The topological polar surface area (TPSA) is 113 Å². The molecule has 1 heterocycles. The van der Waals surface area contributed by atoms with Crippen molar-refractivity contribution in [3.63, 3.8) is 0 Å². The Balaban J connectivity index is 1.87. The third-order valence-electron chi connectivity index (χ3n) is 3.51. The third-order valence-corrected chi connectivity index (χ3v) is 6.17. The van der Waals surface area contributed by atoms with Crippen LogP contribution in [0.25, 0.3) is 0 Å². The number of hydrogen-bond acceptors (Lipinski definition) is 5. The van der Waals surface area contributed by atoms with Crippen LogP contribution < -0.4 is 10.0 Å². The summed E-state index contributed by atoms with van der Waals surface area (Å²) in [6, 6.07) is 7.83. The van der Waals surface area contributed by atoms with Crippen LogP contribution in [0.5, 0.6) is 0 Å². The Hall–Kier alpha value is -1.58. The highest BCUT2D eigenvalue weighted by Crippen LogP contribution is 2.28. The van der Waals surface area contributed by atoms with E-state index >= 15 is 0 Å². The second kappa shape index (κ2) is 7.33. The van der Waals surface area contributed by atoms with Gasteiger partial charge < -0.3 is 10.4 Å². The van der Waals surface area contributed by atoms with E-state index in [1.165, 1.54) is 23.9 Å². The van der Waals surface area contributed by atoms with E-state index in [1.807, 2.05) is 0 Å². The second-order valence-electron chi connectivity index (χ2n) is 5.20. The normalized spacial score (nSPS) is 21.0. The fourth-order valence-corrected chi connectivity index (χ4v) is 4.58. The predicted octanol–water partition coefficient (Wildman–Crippen LogP) is 0.431. The van der Waals surface area contributed by atoms with Crippen molar-refractivity contribution < 1.29 is 23.1 Å². The van der Waals surface area contributed by atoms with Gasteiger partial charge in [0.1, 0.15) is 5.54 Å². The number of benzene rings is 1. The Morgan fingerprint density at radius 3 is 2.52 bits per heavy atom. The largest absolute Gasteiger partial charge is 0.479 e. The molecule has 1 fully saturated rings. The fraction of sp³-hybridized carbons (Fsp3) is 0.429. The zero-order valence-corrected chi connectivity index (χ0v) is 14.0. The van der Waals surface area contributed by atoms with Gasteiger partial charge in [-0.05, 0) is 24.3 Å². The van der Waals surface area contributed by atoms with Crippen LogP contribution in [0, 0.1) is 0 Å². The van der Waals surface area contributed by atoms with Crippen LogP contribution in [0.3, 0.4) is 0 Å². The molecule has 1 aliphatic heterocycles. The number of carbonyl (C=O) groups excluding carboxylic acids is 1. The van der Waals surface area contributed by atoms with Crippen LogP contribution in [0.4, 0.5) is 0 Å². The lowest BCUT2D eigenvalue weighted by atomic mass is 9.99. The van der Waals surface area contributed by atoms with Gasteiger partial charge in [0.15, 0.2) is 0 Å². The molecule has 0 bridgehead atoms. The standard InChI is InChI=1S/C14H18N2O5S2/c17-12(16-14(13(18)19)7-9-22-10-14)6-8-15-23(20,21)11-4-2-1-3-5-11/h1-5,15H,6-10H2,(H,16,17)(H,18,19). The number of rotatable bonds is 7. The van der Waals surface area contributed by atoms with E-state index in [1.54, 1.807) is 18.2 Å². The van der Waals surface area contributed by atoms with E-state index < -0.39 is 27.4 Å². The average Bonchev–Trinajstić information content (AvgIpc) is 2.98. The average molecular weight is 358 g/mol. The number of hydrogen-bond donors (Lipinski definition) is 3. The van der Waals surface area contributed by atoms with E-state index in [2.05, 4.69) is 10.0 Å². The molecule has 1 aromatic carbocycles. The Morgan fingerprint density at radius 2 is 1.96 bits per heavy atom. The highest BCUT2D eigenvalue weighted by atomic mass is 32.2. The summed E-state index contributed by atoms with van der Waals surface area (Å²) in [5.74, 6) is -0.539. The maximum absolute atomic E-state index is 12.0. The smallest absolute Gasteiger partial charge is 0.330 e. The number of carboxylic acids is 1. The molecule has 0 aliphatic carbocycles. The van der Waals surface area contributed by atoms with Crippen LogP contribution in [0.1, 0.15) is 12.8 Å². The first-order valence-electron chi connectivity index (χ1n) is 7.03. The number of carbonyl (C=O) groups is 2. The molecule has 126 valence electrons. The molecular formula is C14H18N2O5S2. The Morgan fingerprint density at radius 1 is 1.26 bits per heavy atom. The van der Waals surface area contributed by atoms with Crippen LogP contribution in [0.2, 0.25) is 0 Å². The Bertz CT molecular complexity index is 670. The summed E-state index contributed by atoms with van der Waals surface area (Å²) in [5.41, 5.74) is -1.24. The summed E-state index contributed by atoms with van der Waals surface area (Å²) in [6.45, 7) is -0.0914. The first-order valence-corrected chi connectivity index (χ1v) is 9.66. The van der Waals surface area contributed by atoms with Crippen molar-refractivity contribution in [2.24, 2.45) is 0 Å². The number of aliphatic carboxylic acids is 1. The molecule has 0 spiro atoms. The van der Waals surface area contributed by atoms with Gasteiger partial charge >= 0.3 is 5.97 Å². The van der Waals surface area contributed by atoms with Gasteiger partial charge in [-0.25, -0.2) is 17.9 Å². The van der Waals surface area contributed by atoms with Crippen molar-refractivity contribution in [3.05, 3.63) is 30.3 Å². The summed E-state index contributed by atoms with van der Waals surface area (Å²) in [6.07, 6.45) is 0.250. The van der Waals surface area contributed by atoms with Crippen molar-refractivity contribution in [3.8, 4) is 0 Å². The maximum atomic E-state index is 12.0. The van der Waals surface area contributed by atoms with E-state index in [9.17, 15) is 23.1 Å². The monoisotopic (exact) mass is 358 g/mol. The highest BCUT2D eigenvalue weighted by Gasteiger charge is 2.43. The lowest BCUT2D eigenvalue weighted by Crippen LogP contribution is -2.55. The van der Waals surface area contributed by atoms with Crippen molar-refractivity contribution in [1.82, 2.24) is 10.0 Å². The minimum absolute atomic E-state index is 0.0914. The molecule has 23 heavy (non-hydrogen) atoms. The molecule has 2 rings (SSSR count). The summed E-state index contributed by atoms with van der Waals surface area (Å²) >= 11 is 1.47. The predicted molar refractivity (Wildman–Crippen MR) is 86.7 cm³/mol. The SMILES string of the molecule is O=C(CCNS(=O)(=O)c1ccccc1)NC1(C(=O)O)CCSC1. The van der Waals surface area contributed by atoms with E-state index in [-0.39, 0.29) is 17.9 Å². The fourth-order valence-electron chi connectivity index (χ4n) is 2.20. The number of amides is 1. The summed E-state index contributed by atoms with van der Waals surface area (Å²) in [7, 11) is -3.67. The maximum Gasteiger partial charge on any atom is 0.330 e. The van der Waals surface area contributed by atoms with Gasteiger partial charge in [0.25, 0.3) is 0 Å². The van der Waals surface area contributed by atoms with Crippen LogP contribution in [-0.4, -0.2) is 49.0 Å². The molecule has 1 unspecified atom stereocenters. The third kappa shape index (κ3) is 4.46. The van der Waals surface area contributed by atoms with Gasteiger partial charge in [0.2, 0.25) is 15.9 Å². The van der Waals surface area contributed by atoms with Crippen molar-refractivity contribution >= 4 is 33.7 Å². The van der Waals surface area contributed by atoms with Crippen LogP contribution in [0.15, 0.2) is 35.2 Å². The molecule has 0 saturated carbocycles. The first-order chi connectivity index (χ1) is 10.9. The van der Waals surface area contributed by atoms with Gasteiger partial charge in [-0.15, -0.1) is 0 Å². The number of sulfonamides is 1. The quantitative estimate of drug-likeness (QED) is 0.652. The lowest BCUT2D eigenvalue weighted by molar-refractivity contribution is -0.146. The second-order valence-corrected chi connectivity index (χ2v) is 8.07. The summed E-state index contributed by atoms with van der Waals surface area (Å²) in [5, 5.41) is 11.8. The number of nitrogens with one attached hydrogen (secondary N) is 2. The van der Waals surface area contributed by atoms with Crippen molar-refractivity contribution in [2.45, 2.75) is 23.3 Å². The molecule has 1 aliphatic rings. The van der Waals surface area contributed by atoms with Gasteiger partial charge in [0.05, 0.1) is 4.90 Å². The molecule has 1 saturated heterocycles. The van der Waals surface area contributed by atoms with Gasteiger partial charge in [-0.1, -0.05) is 18.2 Å². The molecule has 0 radical (unpaired) electrons. The Labute approximate surface area is 138 Å². The van der Waals surface area contributed by atoms with E-state index in [0.29, 0.717) is 17.9 Å². The van der Waals surface area contributed by atoms with Gasteiger partial charge in [0, 0.05) is 18.7 Å². The number of thioether (sulfide) groups is 1. The molecule has 1 atom stereocenters. The van der Waals surface area contributed by atoms with Crippen LogP contribution in [-0.2, 0) is 19.6 Å².